The van der Waals surface area contributed by atoms with E-state index in [0.717, 1.165) is 18.8 Å². The third-order valence-electron chi connectivity index (χ3n) is 4.28. The molecule has 1 fully saturated rings. The third kappa shape index (κ3) is 4.56. The predicted octanol–water partition coefficient (Wildman–Crippen LogP) is 3.75. The second-order valence-electron chi connectivity index (χ2n) is 7.43. The van der Waals surface area contributed by atoms with Crippen molar-refractivity contribution in [3.63, 3.8) is 0 Å². The van der Waals surface area contributed by atoms with Crippen LogP contribution in [0.25, 0.3) is 0 Å². The van der Waals surface area contributed by atoms with Crippen molar-refractivity contribution in [2.75, 3.05) is 26.3 Å². The number of nitrogens with zero attached hydrogens (tertiary/aromatic N) is 1. The summed E-state index contributed by atoms with van der Waals surface area (Å²) in [6.45, 7) is 15.2. The largest absolute Gasteiger partial charge is 0.544 e. The maximum absolute atomic E-state index is 13.2. The van der Waals surface area contributed by atoms with Gasteiger partial charge in [0.05, 0.1) is 18.8 Å². The SMILES string of the molecule is C=CCC(C)(C(=O)c1ccc(O[Si](C)(C)C)cc1)N1CCOCC1. The molecule has 24 heavy (non-hydrogen) atoms. The Balaban J connectivity index is 2.21. The Hall–Kier alpha value is -1.43. The van der Waals surface area contributed by atoms with E-state index in [9.17, 15) is 4.79 Å². The molecule has 0 bridgehead atoms. The first-order chi connectivity index (χ1) is 11.3. The first-order valence-corrected chi connectivity index (χ1v) is 11.9. The van der Waals surface area contributed by atoms with Crippen LogP contribution in [0.4, 0.5) is 0 Å². The maximum Gasteiger partial charge on any atom is 0.242 e. The molecule has 1 aliphatic rings. The van der Waals surface area contributed by atoms with E-state index in [1.54, 1.807) is 0 Å². The van der Waals surface area contributed by atoms with E-state index < -0.39 is 13.9 Å². The van der Waals surface area contributed by atoms with E-state index in [0.29, 0.717) is 25.2 Å². The predicted molar refractivity (Wildman–Crippen MR) is 100 cm³/mol. The molecule has 1 aromatic rings. The Kier molecular flexibility index (Phi) is 6.01. The average Bonchev–Trinajstić information content (AvgIpc) is 2.54. The van der Waals surface area contributed by atoms with Gasteiger partial charge in [-0.05, 0) is 57.3 Å². The number of rotatable bonds is 7. The molecular formula is C19H29NO3Si. The number of hydrogen-bond acceptors (Lipinski definition) is 4. The Morgan fingerprint density at radius 2 is 1.88 bits per heavy atom. The van der Waals surface area contributed by atoms with Crippen LogP contribution in [-0.4, -0.2) is 50.8 Å². The normalized spacial score (nSPS) is 18.7. The van der Waals surface area contributed by atoms with Crippen LogP contribution in [0.5, 0.6) is 5.75 Å². The lowest BCUT2D eigenvalue weighted by atomic mass is 9.85. The van der Waals surface area contributed by atoms with Gasteiger partial charge in [-0.3, -0.25) is 9.69 Å². The van der Waals surface area contributed by atoms with Gasteiger partial charge in [0.2, 0.25) is 8.32 Å². The van der Waals surface area contributed by atoms with Crippen LogP contribution in [0.15, 0.2) is 36.9 Å². The molecule has 5 heteroatoms. The van der Waals surface area contributed by atoms with Gasteiger partial charge >= 0.3 is 0 Å². The smallest absolute Gasteiger partial charge is 0.242 e. The third-order valence-corrected chi connectivity index (χ3v) is 5.13. The minimum atomic E-state index is -1.64. The fourth-order valence-corrected chi connectivity index (χ4v) is 3.89. The summed E-state index contributed by atoms with van der Waals surface area (Å²) in [5, 5.41) is 0. The highest BCUT2D eigenvalue weighted by Gasteiger charge is 2.39. The molecule has 0 spiro atoms. The van der Waals surface area contributed by atoms with Crippen LogP contribution < -0.4 is 4.43 Å². The van der Waals surface area contributed by atoms with Crippen LogP contribution >= 0.6 is 0 Å². The summed E-state index contributed by atoms with van der Waals surface area (Å²) < 4.78 is 11.4. The lowest BCUT2D eigenvalue weighted by Gasteiger charge is -2.41. The fraction of sp³-hybridized carbons (Fsp3) is 0.526. The van der Waals surface area contributed by atoms with E-state index >= 15 is 0 Å². The molecule has 0 N–H and O–H groups in total. The van der Waals surface area contributed by atoms with E-state index in [1.165, 1.54) is 0 Å². The van der Waals surface area contributed by atoms with Gasteiger partial charge in [0, 0.05) is 18.7 Å². The van der Waals surface area contributed by atoms with Crippen molar-refractivity contribution in [3.8, 4) is 5.75 Å². The quantitative estimate of drug-likeness (QED) is 0.428. The van der Waals surface area contributed by atoms with Crippen molar-refractivity contribution in [1.29, 1.82) is 0 Å². The highest BCUT2D eigenvalue weighted by molar-refractivity contribution is 6.70. The highest BCUT2D eigenvalue weighted by Crippen LogP contribution is 2.27. The number of carbonyl (C=O) groups is 1. The Bertz CT molecular complexity index is 573. The number of ketones is 1. The molecule has 2 rings (SSSR count). The zero-order valence-corrected chi connectivity index (χ0v) is 16.3. The molecule has 0 amide bonds. The van der Waals surface area contributed by atoms with Crippen LogP contribution in [0.1, 0.15) is 23.7 Å². The summed E-state index contributed by atoms with van der Waals surface area (Å²) >= 11 is 0. The first-order valence-electron chi connectivity index (χ1n) is 8.54. The molecular weight excluding hydrogens is 318 g/mol. The molecule has 1 aliphatic heterocycles. The Morgan fingerprint density at radius 1 is 1.29 bits per heavy atom. The van der Waals surface area contributed by atoms with Gasteiger partial charge in [0.1, 0.15) is 5.75 Å². The molecule has 1 aromatic carbocycles. The van der Waals surface area contributed by atoms with Crippen molar-refractivity contribution in [2.45, 2.75) is 38.5 Å². The van der Waals surface area contributed by atoms with E-state index in [4.69, 9.17) is 9.16 Å². The zero-order valence-electron chi connectivity index (χ0n) is 15.3. The molecule has 1 unspecified atom stereocenters. The number of morpholine rings is 1. The number of ether oxygens (including phenoxy) is 1. The second-order valence-corrected chi connectivity index (χ2v) is 11.9. The van der Waals surface area contributed by atoms with Gasteiger partial charge in [-0.25, -0.2) is 0 Å². The fourth-order valence-electron chi connectivity index (χ4n) is 3.04. The molecule has 0 aliphatic carbocycles. The average molecular weight is 348 g/mol. The lowest BCUT2D eigenvalue weighted by Crippen LogP contribution is -2.56. The lowest BCUT2D eigenvalue weighted by molar-refractivity contribution is -0.00871. The van der Waals surface area contributed by atoms with Crippen molar-refractivity contribution < 1.29 is 14.0 Å². The summed E-state index contributed by atoms with van der Waals surface area (Å²) in [6.07, 6.45) is 2.45. The summed E-state index contributed by atoms with van der Waals surface area (Å²) in [4.78, 5) is 15.4. The van der Waals surface area contributed by atoms with Crippen LogP contribution in [-0.2, 0) is 4.74 Å². The molecule has 0 radical (unpaired) electrons. The molecule has 0 saturated carbocycles. The number of Topliss-reactive ketones (excluding diaryl/α,β-unsaturated/α-hetero) is 1. The van der Waals surface area contributed by atoms with Crippen LogP contribution in [0.3, 0.4) is 0 Å². The van der Waals surface area contributed by atoms with Gasteiger partial charge in [0.15, 0.2) is 5.78 Å². The summed E-state index contributed by atoms with van der Waals surface area (Å²) in [5.41, 5.74) is 0.140. The number of benzene rings is 1. The van der Waals surface area contributed by atoms with E-state index in [1.807, 2.05) is 37.3 Å². The minimum Gasteiger partial charge on any atom is -0.544 e. The van der Waals surface area contributed by atoms with Gasteiger partial charge in [-0.15, -0.1) is 6.58 Å². The Labute approximate surface area is 146 Å². The van der Waals surface area contributed by atoms with Crippen molar-refractivity contribution in [2.24, 2.45) is 0 Å². The minimum absolute atomic E-state index is 0.129. The standard InChI is InChI=1S/C19H29NO3Si/c1-6-11-19(2,20-12-14-22-15-13-20)18(21)16-7-9-17(10-8-16)23-24(3,4)5/h6-10H,1,11-15H2,2-5H3. The van der Waals surface area contributed by atoms with Gasteiger partial charge in [-0.2, -0.15) is 0 Å². The molecule has 1 heterocycles. The van der Waals surface area contributed by atoms with Gasteiger partial charge in [0.25, 0.3) is 0 Å². The molecule has 132 valence electrons. The van der Waals surface area contributed by atoms with E-state index in [-0.39, 0.29) is 5.78 Å². The maximum atomic E-state index is 13.2. The zero-order chi connectivity index (χ0) is 17.8. The molecule has 1 saturated heterocycles. The first kappa shape index (κ1) is 18.9. The number of hydrogen-bond donors (Lipinski definition) is 0. The monoisotopic (exact) mass is 347 g/mol. The topological polar surface area (TPSA) is 38.8 Å². The van der Waals surface area contributed by atoms with Crippen molar-refractivity contribution >= 4 is 14.1 Å². The van der Waals surface area contributed by atoms with Gasteiger partial charge < -0.3 is 9.16 Å². The number of carbonyl (C=O) groups excluding carboxylic acids is 1. The molecule has 1 atom stereocenters. The highest BCUT2D eigenvalue weighted by atomic mass is 28.4. The van der Waals surface area contributed by atoms with Gasteiger partial charge in [-0.1, -0.05) is 6.08 Å². The molecule has 0 aromatic heterocycles. The van der Waals surface area contributed by atoms with Crippen molar-refractivity contribution in [1.82, 2.24) is 4.90 Å². The van der Waals surface area contributed by atoms with Crippen LogP contribution in [0.2, 0.25) is 19.6 Å². The molecule has 4 nitrogen and oxygen atoms in total. The van der Waals surface area contributed by atoms with E-state index in [2.05, 4.69) is 31.1 Å². The Morgan fingerprint density at radius 3 is 2.38 bits per heavy atom. The summed E-state index contributed by atoms with van der Waals surface area (Å²) in [7, 11) is -1.64. The summed E-state index contributed by atoms with van der Waals surface area (Å²) in [5.74, 6) is 0.964. The second kappa shape index (κ2) is 7.63. The van der Waals surface area contributed by atoms with Crippen LogP contribution in [0, 0.1) is 0 Å². The summed E-state index contributed by atoms with van der Waals surface area (Å²) in [6, 6.07) is 7.55. The van der Waals surface area contributed by atoms with Crippen molar-refractivity contribution in [3.05, 3.63) is 42.5 Å².